The van der Waals surface area contributed by atoms with Crippen LogP contribution in [0.2, 0.25) is 0 Å². The number of ether oxygens (including phenoxy) is 1. The predicted molar refractivity (Wildman–Crippen MR) is 65.8 cm³/mol. The van der Waals surface area contributed by atoms with Gasteiger partial charge in [0.2, 0.25) is 0 Å². The van der Waals surface area contributed by atoms with E-state index < -0.39 is 0 Å². The zero-order valence-corrected chi connectivity index (χ0v) is 10.5. The number of carbonyl (C=O) groups excluding carboxylic acids is 1. The van der Waals surface area contributed by atoms with Crippen molar-refractivity contribution in [3.63, 3.8) is 0 Å². The Morgan fingerprint density at radius 3 is 3.00 bits per heavy atom. The quantitative estimate of drug-likeness (QED) is 0.317. The molecule has 0 fully saturated rings. The topological polar surface area (TPSA) is 96.9 Å². The lowest BCUT2D eigenvalue weighted by Crippen LogP contribution is -2.35. The zero-order valence-electron chi connectivity index (χ0n) is 9.64. The summed E-state index contributed by atoms with van der Waals surface area (Å²) < 4.78 is 4.99. The number of nitrogens with zero attached hydrogens (tertiary/aromatic N) is 1. The molecule has 1 unspecified atom stereocenters. The van der Waals surface area contributed by atoms with Crippen molar-refractivity contribution in [2.75, 3.05) is 7.11 Å². The molecule has 1 atom stereocenters. The predicted octanol–water partition coefficient (Wildman–Crippen LogP) is 1.01. The molecule has 17 heavy (non-hydrogen) atoms. The minimum Gasteiger partial charge on any atom is -0.496 e. The summed E-state index contributed by atoms with van der Waals surface area (Å²) in [5, 5.41) is 15.8. The van der Waals surface area contributed by atoms with E-state index >= 15 is 0 Å². The average molecular weight is 257 g/mol. The van der Waals surface area contributed by atoms with Gasteiger partial charge in [0.15, 0.2) is 0 Å². The van der Waals surface area contributed by atoms with Gasteiger partial charge in [-0.2, -0.15) is 0 Å². The molecular weight excluding hydrogens is 242 g/mol. The van der Waals surface area contributed by atoms with E-state index in [-0.39, 0.29) is 17.8 Å². The number of amides is 1. The van der Waals surface area contributed by atoms with E-state index in [0.717, 1.165) is 0 Å². The van der Waals surface area contributed by atoms with Gasteiger partial charge in [-0.3, -0.25) is 4.79 Å². The normalized spacial score (nSPS) is 13.2. The summed E-state index contributed by atoms with van der Waals surface area (Å²) >= 11 is 1.30. The van der Waals surface area contributed by atoms with Gasteiger partial charge in [0.05, 0.1) is 12.0 Å². The summed E-state index contributed by atoms with van der Waals surface area (Å²) in [7, 11) is 1.55. The Labute approximate surface area is 103 Å². The van der Waals surface area contributed by atoms with E-state index in [1.807, 2.05) is 0 Å². The molecule has 0 aliphatic heterocycles. The number of rotatable bonds is 5. The number of hydrogen-bond acceptors (Lipinski definition) is 5. The lowest BCUT2D eigenvalue weighted by atomic mass is 10.2. The van der Waals surface area contributed by atoms with Crippen molar-refractivity contribution in [2.45, 2.75) is 19.4 Å². The monoisotopic (exact) mass is 257 g/mol. The van der Waals surface area contributed by atoms with Crippen molar-refractivity contribution in [1.82, 2.24) is 5.32 Å². The van der Waals surface area contributed by atoms with Crippen LogP contribution in [0, 0.1) is 0 Å². The molecule has 6 nitrogen and oxygen atoms in total. The van der Waals surface area contributed by atoms with Crippen LogP contribution in [0.4, 0.5) is 0 Å². The van der Waals surface area contributed by atoms with Crippen molar-refractivity contribution in [1.29, 1.82) is 0 Å². The van der Waals surface area contributed by atoms with E-state index in [2.05, 4.69) is 10.5 Å². The molecule has 0 aliphatic rings. The van der Waals surface area contributed by atoms with Crippen LogP contribution in [0.5, 0.6) is 5.75 Å². The Hall–Kier alpha value is -1.76. The third-order valence-corrected chi connectivity index (χ3v) is 2.96. The second-order valence-electron chi connectivity index (χ2n) is 3.52. The molecule has 0 aliphatic carbocycles. The maximum absolute atomic E-state index is 11.8. The zero-order chi connectivity index (χ0) is 12.8. The average Bonchev–Trinajstić information content (AvgIpc) is 2.77. The van der Waals surface area contributed by atoms with Gasteiger partial charge in [0.1, 0.15) is 11.6 Å². The van der Waals surface area contributed by atoms with E-state index in [1.165, 1.54) is 11.3 Å². The summed E-state index contributed by atoms with van der Waals surface area (Å²) in [6, 6.07) is 1.46. The molecule has 1 aromatic rings. The minimum absolute atomic E-state index is 0.0848. The van der Waals surface area contributed by atoms with Crippen LogP contribution in [0.3, 0.4) is 0 Å². The minimum atomic E-state index is -0.202. The molecule has 94 valence electrons. The molecule has 0 bridgehead atoms. The fourth-order valence-corrected chi connectivity index (χ4v) is 2.00. The van der Waals surface area contributed by atoms with Crippen molar-refractivity contribution in [3.8, 4) is 5.75 Å². The first-order chi connectivity index (χ1) is 8.06. The number of hydrogen-bond donors (Lipinski definition) is 3. The molecule has 0 aromatic carbocycles. The van der Waals surface area contributed by atoms with E-state index in [0.29, 0.717) is 17.0 Å². The summed E-state index contributed by atoms with van der Waals surface area (Å²) in [5.41, 5.74) is 5.35. The largest absolute Gasteiger partial charge is 0.496 e. The molecule has 1 amide bonds. The van der Waals surface area contributed by atoms with Crippen molar-refractivity contribution >= 4 is 23.1 Å². The molecule has 1 heterocycles. The van der Waals surface area contributed by atoms with Crippen molar-refractivity contribution in [3.05, 3.63) is 16.3 Å². The maximum Gasteiger partial charge on any atom is 0.261 e. The molecule has 4 N–H and O–H groups in total. The Morgan fingerprint density at radius 1 is 1.76 bits per heavy atom. The fraction of sp³-hybridized carbons (Fsp3) is 0.400. The van der Waals surface area contributed by atoms with Crippen LogP contribution in [0.15, 0.2) is 16.6 Å². The van der Waals surface area contributed by atoms with Crippen LogP contribution < -0.4 is 15.8 Å². The third kappa shape index (κ3) is 3.95. The molecular formula is C10H15N3O3S. The van der Waals surface area contributed by atoms with Crippen LogP contribution in [0.25, 0.3) is 0 Å². The molecule has 0 spiro atoms. The maximum atomic E-state index is 11.8. The number of oxime groups is 1. The Bertz CT molecular complexity index is 417. The van der Waals surface area contributed by atoms with Gasteiger partial charge in [0, 0.05) is 23.9 Å². The number of methoxy groups -OCH3 is 1. The highest BCUT2D eigenvalue weighted by Crippen LogP contribution is 2.20. The number of amidine groups is 1. The number of carbonyl (C=O) groups is 1. The second-order valence-corrected chi connectivity index (χ2v) is 4.43. The van der Waals surface area contributed by atoms with E-state index in [1.54, 1.807) is 25.5 Å². The molecule has 1 rings (SSSR count). The number of nitrogens with one attached hydrogen (secondary N) is 1. The van der Waals surface area contributed by atoms with Gasteiger partial charge >= 0.3 is 0 Å². The standard InChI is InChI=1S/C10H15N3O3S/c1-6(3-9(11)13-15)12-10(14)8-4-7(16-2)5-17-8/h4-6,15H,3H2,1-2H3,(H2,11,13)(H,12,14). The van der Waals surface area contributed by atoms with Crippen LogP contribution >= 0.6 is 11.3 Å². The van der Waals surface area contributed by atoms with E-state index in [9.17, 15) is 4.79 Å². The number of nitrogens with two attached hydrogens (primary N) is 1. The van der Waals surface area contributed by atoms with Gasteiger partial charge in [-0.15, -0.1) is 11.3 Å². The third-order valence-electron chi connectivity index (χ3n) is 2.06. The first-order valence-electron chi connectivity index (χ1n) is 4.96. The van der Waals surface area contributed by atoms with Crippen LogP contribution in [-0.4, -0.2) is 30.1 Å². The lowest BCUT2D eigenvalue weighted by molar-refractivity contribution is 0.0945. The Morgan fingerprint density at radius 2 is 2.47 bits per heavy atom. The molecule has 0 saturated carbocycles. The van der Waals surface area contributed by atoms with Gasteiger partial charge < -0.3 is 21.0 Å². The first-order valence-corrected chi connectivity index (χ1v) is 5.84. The SMILES string of the molecule is COc1csc(C(=O)NC(C)CC(N)=NO)c1. The van der Waals surface area contributed by atoms with Crippen LogP contribution in [-0.2, 0) is 0 Å². The van der Waals surface area contributed by atoms with Crippen LogP contribution in [0.1, 0.15) is 23.0 Å². The highest BCUT2D eigenvalue weighted by Gasteiger charge is 2.13. The highest BCUT2D eigenvalue weighted by molar-refractivity contribution is 7.12. The Balaban J connectivity index is 2.54. The van der Waals surface area contributed by atoms with E-state index in [4.69, 9.17) is 15.7 Å². The Kier molecular flexibility index (Phi) is 4.77. The number of thiophene rings is 1. The summed E-state index contributed by atoms with van der Waals surface area (Å²) in [4.78, 5) is 12.3. The molecule has 1 aromatic heterocycles. The molecule has 0 saturated heterocycles. The molecule has 7 heteroatoms. The summed E-state index contributed by atoms with van der Waals surface area (Å²) in [6.45, 7) is 1.78. The summed E-state index contributed by atoms with van der Waals surface area (Å²) in [6.07, 6.45) is 0.296. The fourth-order valence-electron chi connectivity index (χ4n) is 1.25. The van der Waals surface area contributed by atoms with Gasteiger partial charge in [-0.1, -0.05) is 5.16 Å². The first kappa shape index (κ1) is 13.3. The van der Waals surface area contributed by atoms with Gasteiger partial charge in [0.25, 0.3) is 5.91 Å². The summed E-state index contributed by atoms with van der Waals surface area (Å²) in [5.74, 6) is 0.544. The van der Waals surface area contributed by atoms with Crippen molar-refractivity contribution < 1.29 is 14.7 Å². The molecule has 0 radical (unpaired) electrons. The van der Waals surface area contributed by atoms with Gasteiger partial charge in [-0.05, 0) is 6.92 Å². The lowest BCUT2D eigenvalue weighted by Gasteiger charge is -2.11. The smallest absolute Gasteiger partial charge is 0.261 e. The highest BCUT2D eigenvalue weighted by atomic mass is 32.1. The van der Waals surface area contributed by atoms with Crippen molar-refractivity contribution in [2.24, 2.45) is 10.9 Å². The second kappa shape index (κ2) is 6.09. The van der Waals surface area contributed by atoms with Gasteiger partial charge in [-0.25, -0.2) is 0 Å².